The summed E-state index contributed by atoms with van der Waals surface area (Å²) in [6.07, 6.45) is 0.506. The molecule has 3 atom stereocenters. The number of thioether (sulfide) groups is 1. The molecule has 3 N–H and O–H groups in total. The molecule has 1 saturated heterocycles. The van der Waals surface area contributed by atoms with Crippen molar-refractivity contribution in [3.05, 3.63) is 35.9 Å². The van der Waals surface area contributed by atoms with E-state index < -0.39 is 6.10 Å². The van der Waals surface area contributed by atoms with Crippen molar-refractivity contribution < 1.29 is 9.90 Å². The summed E-state index contributed by atoms with van der Waals surface area (Å²) < 4.78 is 0. The van der Waals surface area contributed by atoms with Crippen LogP contribution in [0.4, 0.5) is 0 Å². The lowest BCUT2D eigenvalue weighted by Crippen LogP contribution is -2.43. The largest absolute Gasteiger partial charge is 0.388 e. The lowest BCUT2D eigenvalue weighted by molar-refractivity contribution is -0.122. The number of carbonyl (C=O) groups excluding carboxylic acids is 1. The van der Waals surface area contributed by atoms with Crippen LogP contribution < -0.4 is 10.6 Å². The van der Waals surface area contributed by atoms with Gasteiger partial charge in [-0.2, -0.15) is 11.8 Å². The Hall–Kier alpha value is -0.750. The highest BCUT2D eigenvalue weighted by molar-refractivity contribution is 7.99. The van der Waals surface area contributed by atoms with E-state index in [2.05, 4.69) is 10.6 Å². The molecule has 1 aromatic carbocycles. The Morgan fingerprint density at radius 2 is 2.18 bits per heavy atom. The minimum atomic E-state index is -0.537. The molecule has 1 fully saturated rings. The average molecular weight is 345 g/mol. The second-order valence-electron chi connectivity index (χ2n) is 5.56. The predicted molar refractivity (Wildman–Crippen MR) is 94.6 cm³/mol. The summed E-state index contributed by atoms with van der Waals surface area (Å²) in [5, 5.41) is 16.5. The summed E-state index contributed by atoms with van der Waals surface area (Å²) >= 11 is 1.89. The van der Waals surface area contributed by atoms with Gasteiger partial charge in [-0.1, -0.05) is 30.3 Å². The van der Waals surface area contributed by atoms with Crippen molar-refractivity contribution in [1.82, 2.24) is 10.6 Å². The van der Waals surface area contributed by atoms with Crippen molar-refractivity contribution in [3.63, 3.8) is 0 Å². The van der Waals surface area contributed by atoms with Gasteiger partial charge in [0.05, 0.1) is 6.10 Å². The van der Waals surface area contributed by atoms with E-state index in [4.69, 9.17) is 0 Å². The zero-order valence-corrected chi connectivity index (χ0v) is 14.5. The van der Waals surface area contributed by atoms with Gasteiger partial charge in [0.15, 0.2) is 0 Å². The number of halogens is 1. The van der Waals surface area contributed by atoms with Crippen molar-refractivity contribution in [2.24, 2.45) is 0 Å². The summed E-state index contributed by atoms with van der Waals surface area (Å²) in [6, 6.07) is 9.79. The Morgan fingerprint density at radius 3 is 2.82 bits per heavy atom. The molecule has 6 heteroatoms. The van der Waals surface area contributed by atoms with E-state index in [1.807, 2.05) is 49.0 Å². The first-order valence-electron chi connectivity index (χ1n) is 7.48. The van der Waals surface area contributed by atoms with Crippen molar-refractivity contribution in [2.75, 3.05) is 18.1 Å². The van der Waals surface area contributed by atoms with Crippen LogP contribution in [0.15, 0.2) is 30.3 Å². The Bertz CT molecular complexity index is 441. The fraction of sp³-hybridized carbons (Fsp3) is 0.562. The summed E-state index contributed by atoms with van der Waals surface area (Å²) in [5.41, 5.74) is 0.893. The zero-order valence-electron chi connectivity index (χ0n) is 12.8. The van der Waals surface area contributed by atoms with Crippen LogP contribution in [-0.2, 0) is 4.79 Å². The Labute approximate surface area is 142 Å². The van der Waals surface area contributed by atoms with E-state index in [-0.39, 0.29) is 30.4 Å². The molecule has 124 valence electrons. The highest BCUT2D eigenvalue weighted by Crippen LogP contribution is 2.18. The maximum absolute atomic E-state index is 12.0. The summed E-state index contributed by atoms with van der Waals surface area (Å²) in [7, 11) is 0. The highest BCUT2D eigenvalue weighted by Gasteiger charge is 2.19. The van der Waals surface area contributed by atoms with E-state index in [1.54, 1.807) is 0 Å². The van der Waals surface area contributed by atoms with E-state index >= 15 is 0 Å². The third-order valence-corrected chi connectivity index (χ3v) is 4.73. The fourth-order valence-electron chi connectivity index (χ4n) is 2.51. The first-order chi connectivity index (χ1) is 10.1. The molecule has 0 saturated carbocycles. The third kappa shape index (κ3) is 6.57. The maximum atomic E-state index is 12.0. The Morgan fingerprint density at radius 1 is 1.45 bits per heavy atom. The first-order valence-corrected chi connectivity index (χ1v) is 8.64. The number of nitrogens with one attached hydrogen (secondary N) is 2. The smallest absolute Gasteiger partial charge is 0.221 e. The molecule has 4 nitrogen and oxygen atoms in total. The number of carbonyl (C=O) groups is 1. The minimum Gasteiger partial charge on any atom is -0.388 e. The fourth-order valence-corrected chi connectivity index (χ4v) is 3.46. The molecule has 1 aliphatic heterocycles. The SMILES string of the molecule is CC(CC(O)c1ccccc1)NC(=O)CC1CSCCN1.Cl. The molecule has 0 bridgehead atoms. The van der Waals surface area contributed by atoms with Gasteiger partial charge in [0, 0.05) is 36.6 Å². The predicted octanol–water partition coefficient (Wildman–Crippen LogP) is 2.13. The van der Waals surface area contributed by atoms with Gasteiger partial charge in [-0.25, -0.2) is 0 Å². The molecular weight excluding hydrogens is 320 g/mol. The minimum absolute atomic E-state index is 0. The van der Waals surface area contributed by atoms with Crippen LogP contribution in [0.1, 0.15) is 31.4 Å². The molecule has 0 spiro atoms. The summed E-state index contributed by atoms with van der Waals surface area (Å²) in [5.74, 6) is 2.18. The normalized spacial score (nSPS) is 20.5. The van der Waals surface area contributed by atoms with Crippen molar-refractivity contribution >= 4 is 30.1 Å². The lowest BCUT2D eigenvalue weighted by atomic mass is 10.0. The van der Waals surface area contributed by atoms with E-state index in [0.717, 1.165) is 23.6 Å². The molecule has 1 amide bonds. The van der Waals surface area contributed by atoms with Crippen LogP contribution in [0.25, 0.3) is 0 Å². The van der Waals surface area contributed by atoms with Gasteiger partial charge in [-0.15, -0.1) is 12.4 Å². The van der Waals surface area contributed by atoms with Crippen molar-refractivity contribution in [3.8, 4) is 0 Å². The monoisotopic (exact) mass is 344 g/mol. The summed E-state index contributed by atoms with van der Waals surface area (Å²) in [4.78, 5) is 12.0. The number of aliphatic hydroxyl groups is 1. The van der Waals surface area contributed by atoms with Gasteiger partial charge < -0.3 is 15.7 Å². The van der Waals surface area contributed by atoms with Gasteiger partial charge in [0.1, 0.15) is 0 Å². The van der Waals surface area contributed by atoms with Crippen LogP contribution in [-0.4, -0.2) is 41.1 Å². The number of aliphatic hydroxyl groups excluding tert-OH is 1. The number of benzene rings is 1. The maximum Gasteiger partial charge on any atom is 0.221 e. The van der Waals surface area contributed by atoms with Crippen LogP contribution in [0.3, 0.4) is 0 Å². The van der Waals surface area contributed by atoms with Crippen molar-refractivity contribution in [2.45, 2.75) is 38.0 Å². The molecule has 1 heterocycles. The van der Waals surface area contributed by atoms with Crippen LogP contribution in [0.5, 0.6) is 0 Å². The number of hydrogen-bond donors (Lipinski definition) is 3. The lowest BCUT2D eigenvalue weighted by Gasteiger charge is -2.24. The molecule has 1 aliphatic rings. The van der Waals surface area contributed by atoms with Gasteiger partial charge in [0.25, 0.3) is 0 Å². The number of hydrogen-bond acceptors (Lipinski definition) is 4. The number of rotatable bonds is 6. The molecular formula is C16H25ClN2O2S. The molecule has 22 heavy (non-hydrogen) atoms. The molecule has 0 radical (unpaired) electrons. The van der Waals surface area contributed by atoms with Crippen LogP contribution >= 0.6 is 24.2 Å². The number of amides is 1. The molecule has 3 unspecified atom stereocenters. The molecule has 2 rings (SSSR count). The first kappa shape index (κ1) is 19.3. The van der Waals surface area contributed by atoms with Crippen molar-refractivity contribution in [1.29, 1.82) is 0 Å². The van der Waals surface area contributed by atoms with Crippen LogP contribution in [0, 0.1) is 0 Å². The second-order valence-corrected chi connectivity index (χ2v) is 6.71. The third-order valence-electron chi connectivity index (χ3n) is 3.60. The van der Waals surface area contributed by atoms with Gasteiger partial charge in [-0.05, 0) is 18.9 Å². The van der Waals surface area contributed by atoms with Gasteiger partial charge >= 0.3 is 0 Å². The molecule has 0 aromatic heterocycles. The molecule has 1 aromatic rings. The van der Waals surface area contributed by atoms with E-state index in [1.165, 1.54) is 0 Å². The van der Waals surface area contributed by atoms with E-state index in [0.29, 0.717) is 12.8 Å². The van der Waals surface area contributed by atoms with Gasteiger partial charge in [0.2, 0.25) is 5.91 Å². The molecule has 0 aliphatic carbocycles. The Kier molecular flexibility index (Phi) is 8.86. The van der Waals surface area contributed by atoms with E-state index in [9.17, 15) is 9.90 Å². The average Bonchev–Trinajstić information content (AvgIpc) is 2.48. The second kappa shape index (κ2) is 10.1. The summed E-state index contributed by atoms with van der Waals surface area (Å²) in [6.45, 7) is 2.91. The Balaban J connectivity index is 0.00000242. The highest BCUT2D eigenvalue weighted by atomic mass is 35.5. The standard InChI is InChI=1S/C16H24N2O2S.ClH/c1-12(9-15(19)13-5-3-2-4-6-13)18-16(20)10-14-11-21-8-7-17-14;/h2-6,12,14-15,17,19H,7-11H2,1H3,(H,18,20);1H. The zero-order chi connectivity index (χ0) is 15.1. The van der Waals surface area contributed by atoms with Gasteiger partial charge in [-0.3, -0.25) is 4.79 Å². The quantitative estimate of drug-likeness (QED) is 0.740. The topological polar surface area (TPSA) is 61.4 Å². The van der Waals surface area contributed by atoms with Crippen LogP contribution in [0.2, 0.25) is 0 Å².